The summed E-state index contributed by atoms with van der Waals surface area (Å²) in [6.07, 6.45) is 10.8. The fraction of sp³-hybridized carbons (Fsp3) is 0.400. The summed E-state index contributed by atoms with van der Waals surface area (Å²) >= 11 is 0. The second-order valence-electron chi connectivity index (χ2n) is 5.22. The third-order valence-corrected chi connectivity index (χ3v) is 3.23. The van der Waals surface area contributed by atoms with Crippen LogP contribution >= 0.6 is 0 Å². The molecule has 2 nitrogen and oxygen atoms in total. The zero-order valence-electron chi connectivity index (χ0n) is 14.3. The molecule has 1 aromatic rings. The molecule has 0 bridgehead atoms. The van der Waals surface area contributed by atoms with E-state index in [4.69, 9.17) is 11.5 Å². The molecule has 0 aromatic heterocycles. The van der Waals surface area contributed by atoms with Gasteiger partial charge in [0.1, 0.15) is 0 Å². The molecule has 0 aliphatic carbocycles. The fourth-order valence-electron chi connectivity index (χ4n) is 2.03. The Labute approximate surface area is 136 Å². The van der Waals surface area contributed by atoms with E-state index in [0.29, 0.717) is 5.70 Å². The molecule has 0 radical (unpaired) electrons. The lowest BCUT2D eigenvalue weighted by molar-refractivity contribution is 0.642. The number of allylic oxidation sites excluding steroid dienone is 3. The van der Waals surface area contributed by atoms with E-state index < -0.39 is 0 Å². The first kappa shape index (κ1) is 20.0. The summed E-state index contributed by atoms with van der Waals surface area (Å²) < 4.78 is 0. The molecule has 4 N–H and O–H groups in total. The lowest BCUT2D eigenvalue weighted by atomic mass is 10.0. The van der Waals surface area contributed by atoms with Gasteiger partial charge >= 0.3 is 0 Å². The Morgan fingerprint density at radius 1 is 0.955 bits per heavy atom. The Bertz CT molecular complexity index is 455. The number of nitrogen functional groups attached to an aromatic ring is 1. The Balaban J connectivity index is 0.00000211. The summed E-state index contributed by atoms with van der Waals surface area (Å²) in [4.78, 5) is 0. The minimum Gasteiger partial charge on any atom is -0.399 e. The van der Waals surface area contributed by atoms with Crippen molar-refractivity contribution in [1.82, 2.24) is 0 Å². The summed E-state index contributed by atoms with van der Waals surface area (Å²) in [5, 5.41) is 0. The van der Waals surface area contributed by atoms with Gasteiger partial charge in [0.15, 0.2) is 0 Å². The van der Waals surface area contributed by atoms with E-state index in [2.05, 4.69) is 25.3 Å². The van der Waals surface area contributed by atoms with E-state index in [0.717, 1.165) is 24.1 Å². The molecule has 0 unspecified atom stereocenters. The molecule has 0 spiro atoms. The van der Waals surface area contributed by atoms with Crippen molar-refractivity contribution < 1.29 is 0 Å². The van der Waals surface area contributed by atoms with E-state index in [9.17, 15) is 0 Å². The molecule has 2 heteroatoms. The highest BCUT2D eigenvalue weighted by Crippen LogP contribution is 2.13. The van der Waals surface area contributed by atoms with Crippen molar-refractivity contribution in [2.75, 3.05) is 5.73 Å². The van der Waals surface area contributed by atoms with Gasteiger partial charge in [0.05, 0.1) is 0 Å². The summed E-state index contributed by atoms with van der Waals surface area (Å²) in [5.74, 6) is 0. The molecule has 0 saturated heterocycles. The van der Waals surface area contributed by atoms with Crippen molar-refractivity contribution in [3.8, 4) is 0 Å². The van der Waals surface area contributed by atoms with Crippen molar-refractivity contribution in [3.05, 3.63) is 66.4 Å². The van der Waals surface area contributed by atoms with Gasteiger partial charge in [-0.05, 0) is 49.5 Å². The quantitative estimate of drug-likeness (QED) is 0.366. The number of unbranched alkanes of at least 4 members (excludes halogenated alkanes) is 3. The highest BCUT2D eigenvalue weighted by atomic mass is 14.5. The monoisotopic (exact) mass is 300 g/mol. The first-order valence-electron chi connectivity index (χ1n) is 8.22. The van der Waals surface area contributed by atoms with Crippen LogP contribution in [0.25, 0.3) is 0 Å². The minimum absolute atomic E-state index is 0.578. The van der Waals surface area contributed by atoms with Crippen LogP contribution in [-0.2, 0) is 6.42 Å². The van der Waals surface area contributed by atoms with Crippen LogP contribution in [0.1, 0.15) is 51.5 Å². The largest absolute Gasteiger partial charge is 0.399 e. The van der Waals surface area contributed by atoms with Crippen LogP contribution in [0.15, 0.2) is 60.8 Å². The maximum atomic E-state index is 5.67. The molecule has 122 valence electrons. The van der Waals surface area contributed by atoms with Crippen LogP contribution in [0.4, 0.5) is 5.69 Å². The van der Waals surface area contributed by atoms with Crippen molar-refractivity contribution in [1.29, 1.82) is 0 Å². The van der Waals surface area contributed by atoms with Crippen molar-refractivity contribution >= 4 is 5.69 Å². The molecule has 1 rings (SSSR count). The van der Waals surface area contributed by atoms with Crippen LogP contribution in [0.5, 0.6) is 0 Å². The summed E-state index contributed by atoms with van der Waals surface area (Å²) in [6.45, 7) is 11.6. The normalized spacial score (nSPS) is 10.1. The second kappa shape index (κ2) is 12.8. The molecule has 0 aliphatic heterocycles. The average Bonchev–Trinajstić information content (AvgIpc) is 2.52. The maximum absolute atomic E-state index is 5.67. The molecular weight excluding hydrogens is 268 g/mol. The Morgan fingerprint density at radius 2 is 1.55 bits per heavy atom. The van der Waals surface area contributed by atoms with Gasteiger partial charge in [-0.2, -0.15) is 0 Å². The zero-order valence-corrected chi connectivity index (χ0v) is 14.3. The van der Waals surface area contributed by atoms with Crippen molar-refractivity contribution in [2.45, 2.75) is 52.4 Å². The standard InChI is InChI=1S/C18H26N2.C2H6/c1-15(9-10-16(2)19)7-5-3-4-6-8-17-11-13-18(20)14-12-17;1-2/h9-14H,1-8,19-20H2;1-2H3/b10-9-;. The van der Waals surface area contributed by atoms with E-state index in [1.807, 2.05) is 38.1 Å². The number of hydrogen-bond donors (Lipinski definition) is 2. The van der Waals surface area contributed by atoms with Crippen LogP contribution in [0, 0.1) is 0 Å². The minimum atomic E-state index is 0.578. The number of anilines is 1. The third-order valence-electron chi connectivity index (χ3n) is 3.23. The first-order chi connectivity index (χ1) is 10.6. The van der Waals surface area contributed by atoms with Crippen LogP contribution in [-0.4, -0.2) is 0 Å². The molecule has 1 aromatic carbocycles. The molecule has 0 aliphatic rings. The van der Waals surface area contributed by atoms with Gasteiger partial charge in [0.2, 0.25) is 0 Å². The smallest absolute Gasteiger partial charge is 0.0314 e. The summed E-state index contributed by atoms with van der Waals surface area (Å²) in [7, 11) is 0. The van der Waals surface area contributed by atoms with Gasteiger partial charge in [0, 0.05) is 11.4 Å². The fourth-order valence-corrected chi connectivity index (χ4v) is 2.03. The molecule has 0 fully saturated rings. The lowest BCUT2D eigenvalue weighted by Crippen LogP contribution is -1.90. The van der Waals surface area contributed by atoms with Gasteiger partial charge in [-0.1, -0.05) is 63.6 Å². The molecule has 0 atom stereocenters. The van der Waals surface area contributed by atoms with Gasteiger partial charge in [-0.15, -0.1) is 0 Å². The number of rotatable bonds is 9. The number of nitrogens with two attached hydrogens (primary N) is 2. The highest BCUT2D eigenvalue weighted by Gasteiger charge is 1.95. The van der Waals surface area contributed by atoms with Crippen molar-refractivity contribution in [3.63, 3.8) is 0 Å². The zero-order chi connectivity index (χ0) is 16.8. The van der Waals surface area contributed by atoms with Gasteiger partial charge < -0.3 is 11.5 Å². The van der Waals surface area contributed by atoms with E-state index in [1.165, 1.54) is 31.2 Å². The lowest BCUT2D eigenvalue weighted by Gasteiger charge is -2.03. The SMILES string of the molecule is C=C(N)/C=C\C(=C)CCCCCCc1ccc(N)cc1.CC. The van der Waals surface area contributed by atoms with E-state index >= 15 is 0 Å². The van der Waals surface area contributed by atoms with Gasteiger partial charge in [-0.25, -0.2) is 0 Å². The Hall–Kier alpha value is -1.96. The Kier molecular flexibility index (Phi) is 11.6. The van der Waals surface area contributed by atoms with Crippen LogP contribution in [0.3, 0.4) is 0 Å². The average molecular weight is 300 g/mol. The maximum Gasteiger partial charge on any atom is 0.0314 e. The highest BCUT2D eigenvalue weighted by molar-refractivity contribution is 5.39. The number of benzene rings is 1. The van der Waals surface area contributed by atoms with Crippen molar-refractivity contribution in [2.24, 2.45) is 5.73 Å². The molecule has 22 heavy (non-hydrogen) atoms. The number of aryl methyl sites for hydroxylation is 1. The van der Waals surface area contributed by atoms with E-state index in [-0.39, 0.29) is 0 Å². The molecule has 0 amide bonds. The number of hydrogen-bond acceptors (Lipinski definition) is 2. The topological polar surface area (TPSA) is 52.0 Å². The first-order valence-corrected chi connectivity index (χ1v) is 8.22. The van der Waals surface area contributed by atoms with Gasteiger partial charge in [0.25, 0.3) is 0 Å². The van der Waals surface area contributed by atoms with E-state index in [1.54, 1.807) is 0 Å². The summed E-state index contributed by atoms with van der Waals surface area (Å²) in [5.41, 5.74) is 15.0. The van der Waals surface area contributed by atoms with Crippen LogP contribution in [0.2, 0.25) is 0 Å². The Morgan fingerprint density at radius 3 is 2.14 bits per heavy atom. The predicted octanol–water partition coefficient (Wildman–Crippen LogP) is 5.37. The molecule has 0 heterocycles. The van der Waals surface area contributed by atoms with Gasteiger partial charge in [-0.3, -0.25) is 0 Å². The third kappa shape index (κ3) is 10.8. The summed E-state index contributed by atoms with van der Waals surface area (Å²) in [6, 6.07) is 8.16. The second-order valence-corrected chi connectivity index (χ2v) is 5.22. The predicted molar refractivity (Wildman–Crippen MR) is 101 cm³/mol. The van der Waals surface area contributed by atoms with Crippen LogP contribution < -0.4 is 11.5 Å². The molecular formula is C20H32N2. The molecule has 0 saturated carbocycles.